The number of benzene rings is 2. The van der Waals surface area contributed by atoms with Crippen molar-refractivity contribution in [2.24, 2.45) is 0 Å². The summed E-state index contributed by atoms with van der Waals surface area (Å²) in [5.74, 6) is -6.56. The molecule has 2 aromatic carbocycles. The zero-order valence-corrected chi connectivity index (χ0v) is 46.2. The van der Waals surface area contributed by atoms with Gasteiger partial charge in [-0.3, -0.25) is 47.9 Å². The first-order valence-corrected chi connectivity index (χ1v) is 23.7. The van der Waals surface area contributed by atoms with Crippen molar-refractivity contribution in [3.8, 4) is 0 Å². The molecule has 0 spiro atoms. The molecule has 2 aromatic rings. The molecular weight excluding hydrogens is 1540 g/mol. The molecule has 0 bridgehead atoms. The number of rotatable bonds is 19. The normalized spacial score (nSPS) is 12.1. The summed E-state index contributed by atoms with van der Waals surface area (Å²) >= 11 is 22.3. The van der Waals surface area contributed by atoms with E-state index in [0.717, 1.165) is 34.8 Å². The molecule has 0 saturated carbocycles. The number of anilines is 2. The predicted molar refractivity (Wildman–Crippen MR) is 267 cm³/mol. The highest BCUT2D eigenvalue weighted by molar-refractivity contribution is 14.1. The molecule has 0 saturated heterocycles. The highest BCUT2D eigenvalue weighted by atomic mass is 127. The lowest BCUT2D eigenvalue weighted by molar-refractivity contribution is -0.155. The van der Waals surface area contributed by atoms with Crippen LogP contribution in [-0.4, -0.2) is 110 Å². The number of hydrogen-bond acceptors (Lipinski definition) is 15. The monoisotopic (exact) mass is 1570 g/mol. The van der Waals surface area contributed by atoms with Gasteiger partial charge in [-0.1, -0.05) is 0 Å². The van der Waals surface area contributed by atoms with Crippen LogP contribution in [0.4, 0.5) is 11.4 Å². The average molecular weight is 1570 g/mol. The van der Waals surface area contributed by atoms with Crippen LogP contribution in [0.25, 0.3) is 0 Å². The minimum Gasteiger partial charge on any atom is -0.462 e. The van der Waals surface area contributed by atoms with Gasteiger partial charge in [-0.25, -0.2) is 0 Å². The predicted octanol–water partition coefficient (Wildman–Crippen LogP) is 5.11. The third-order valence-corrected chi connectivity index (χ3v) is 14.1. The van der Waals surface area contributed by atoms with Gasteiger partial charge in [-0.05, 0) is 159 Å². The van der Waals surface area contributed by atoms with Crippen molar-refractivity contribution < 1.29 is 71.6 Å². The smallest absolute Gasteiger partial charge is 0.303 e. The van der Waals surface area contributed by atoms with Gasteiger partial charge in [0.15, 0.2) is 12.2 Å². The molecule has 2 rings (SSSR count). The molecule has 27 heteroatoms. The summed E-state index contributed by atoms with van der Waals surface area (Å²) < 4.78 is 25.9. The maximum atomic E-state index is 13.8. The summed E-state index contributed by atoms with van der Waals surface area (Å²) in [5.41, 5.74) is -0.829. The largest absolute Gasteiger partial charge is 0.462 e. The molecule has 19 nitrogen and oxygen atoms in total. The molecule has 0 heterocycles. The van der Waals surface area contributed by atoms with Crippen molar-refractivity contribution in [3.05, 3.63) is 43.7 Å². The molecule has 2 atom stereocenters. The molecule has 0 aromatic heterocycles. The van der Waals surface area contributed by atoms with E-state index in [2.05, 4.69) is 21.3 Å². The Morgan fingerprint density at radius 3 is 1.08 bits per heavy atom. The van der Waals surface area contributed by atoms with E-state index in [9.17, 15) is 47.9 Å². The number of esters is 4. The fraction of sp³-hybridized carbons (Fsp3) is 0.353. The van der Waals surface area contributed by atoms with Crippen molar-refractivity contribution in [1.82, 2.24) is 10.6 Å². The van der Waals surface area contributed by atoms with Crippen LogP contribution in [0.1, 0.15) is 69.1 Å². The molecular formula is C34H30Cl2I6N4O15. The quantitative estimate of drug-likeness (QED) is 0.0468. The van der Waals surface area contributed by atoms with Crippen molar-refractivity contribution in [1.29, 1.82) is 0 Å². The fourth-order valence-corrected chi connectivity index (χ4v) is 14.6. The van der Waals surface area contributed by atoms with Gasteiger partial charge in [-0.15, -0.1) is 0 Å². The summed E-state index contributed by atoms with van der Waals surface area (Å²) in [6.07, 6.45) is -4.12. The van der Waals surface area contributed by atoms with Crippen LogP contribution in [-0.2, 0) is 52.5 Å². The lowest BCUT2D eigenvalue weighted by Crippen LogP contribution is -2.41. The number of nitrogens with one attached hydrogen (secondary N) is 4. The minimum atomic E-state index is -1.95. The van der Waals surface area contributed by atoms with Crippen LogP contribution >= 0.6 is 159 Å². The van der Waals surface area contributed by atoms with Crippen molar-refractivity contribution >= 4 is 228 Å². The second-order valence-corrected chi connectivity index (χ2v) is 18.9. The first kappa shape index (κ1) is 55.6. The van der Waals surface area contributed by atoms with Crippen molar-refractivity contribution in [3.63, 3.8) is 0 Å². The molecule has 0 fully saturated rings. The molecule has 0 radical (unpaired) electrons. The summed E-state index contributed by atoms with van der Waals surface area (Å²) in [6, 6.07) is 0. The standard InChI is InChI=1S/C34H30Cl2I6N4O15/c1-10(47)58-8-14(60-12(3)49)6-43-31(53)18-20(37)16(29(35)51)22(39)26(24(18)41)45-33(55)28(57-5)34(56)46-27-23(40)17(30(36)52)21(38)19(25(27)42)32(54)44-7-15(61-13(4)50)9-59-11(2)48/h14-15,28H,6-9H2,1-5H3,(H,43,53)(H,44,54)(H,45,55)(H,46,56). The van der Waals surface area contributed by atoms with Crippen LogP contribution in [0.5, 0.6) is 0 Å². The maximum Gasteiger partial charge on any atom is 0.303 e. The molecule has 0 aliphatic heterocycles. The van der Waals surface area contributed by atoms with Gasteiger partial charge in [0.2, 0.25) is 6.10 Å². The molecule has 4 amide bonds. The third kappa shape index (κ3) is 15.8. The molecule has 4 N–H and O–H groups in total. The minimum absolute atomic E-state index is 0.0876. The van der Waals surface area contributed by atoms with Crippen molar-refractivity contribution in [2.75, 3.05) is 44.0 Å². The van der Waals surface area contributed by atoms with Gasteiger partial charge in [0.05, 0.1) is 61.0 Å². The van der Waals surface area contributed by atoms with E-state index in [1.807, 2.05) is 0 Å². The van der Waals surface area contributed by atoms with E-state index < -0.39 is 76.3 Å². The third-order valence-electron chi connectivity index (χ3n) is 7.28. The number of hydrogen-bond donors (Lipinski definition) is 4. The van der Waals surface area contributed by atoms with E-state index in [4.69, 9.17) is 46.9 Å². The van der Waals surface area contributed by atoms with Gasteiger partial charge in [0, 0.05) is 41.9 Å². The first-order chi connectivity index (χ1) is 28.3. The Hall–Kier alpha value is -1.54. The maximum absolute atomic E-state index is 13.8. The Bertz CT molecular complexity index is 2030. The number of carbonyl (C=O) groups excluding carboxylic acids is 10. The topological polar surface area (TPSA) is 265 Å². The second kappa shape index (κ2) is 25.8. The SMILES string of the molecule is COC(C(=O)Nc1c(I)c(C(=O)Cl)c(I)c(C(=O)NCC(COC(C)=O)OC(C)=O)c1I)C(=O)Nc1c(I)c(C(=O)Cl)c(I)c(C(=O)NCC(COC(C)=O)OC(C)=O)c1I. The van der Waals surface area contributed by atoms with Crippen LogP contribution in [0, 0.1) is 21.4 Å². The second-order valence-electron chi connectivity index (χ2n) is 11.8. The highest BCUT2D eigenvalue weighted by Crippen LogP contribution is 2.38. The lowest BCUT2D eigenvalue weighted by atomic mass is 10.1. The zero-order chi connectivity index (χ0) is 46.6. The number of carbonyl (C=O) groups is 10. The fourth-order valence-electron chi connectivity index (χ4n) is 4.75. The zero-order valence-electron chi connectivity index (χ0n) is 31.7. The molecule has 0 aliphatic rings. The van der Waals surface area contributed by atoms with E-state index in [1.54, 1.807) is 136 Å². The summed E-state index contributed by atoms with van der Waals surface area (Å²) in [5, 5.41) is 8.14. The van der Waals surface area contributed by atoms with Crippen molar-refractivity contribution in [2.45, 2.75) is 46.0 Å². The number of halogens is 8. The first-order valence-electron chi connectivity index (χ1n) is 16.5. The van der Waals surface area contributed by atoms with E-state index in [-0.39, 0.29) is 81.4 Å². The number of amides is 4. The average Bonchev–Trinajstić information content (AvgIpc) is 3.13. The van der Waals surface area contributed by atoms with Gasteiger partial charge in [0.1, 0.15) is 13.2 Å². The molecule has 2 unspecified atom stereocenters. The Balaban J connectivity index is 2.55. The highest BCUT2D eigenvalue weighted by Gasteiger charge is 2.35. The van der Waals surface area contributed by atoms with Gasteiger partial charge >= 0.3 is 23.9 Å². The molecule has 332 valence electrons. The van der Waals surface area contributed by atoms with Crippen LogP contribution in [0.15, 0.2) is 0 Å². The van der Waals surface area contributed by atoms with E-state index in [0.29, 0.717) is 0 Å². The Morgan fingerprint density at radius 2 is 0.820 bits per heavy atom. The summed E-state index contributed by atoms with van der Waals surface area (Å²) in [6.45, 7) is 3.11. The summed E-state index contributed by atoms with van der Waals surface area (Å²) in [7, 11) is 1.04. The Morgan fingerprint density at radius 1 is 0.508 bits per heavy atom. The van der Waals surface area contributed by atoms with Crippen LogP contribution < -0.4 is 21.3 Å². The number of ether oxygens (including phenoxy) is 5. The van der Waals surface area contributed by atoms with E-state index >= 15 is 0 Å². The molecule has 0 aliphatic carbocycles. The van der Waals surface area contributed by atoms with E-state index in [1.165, 1.54) is 0 Å². The molecule has 61 heavy (non-hydrogen) atoms. The van der Waals surface area contributed by atoms with Crippen LogP contribution in [0.2, 0.25) is 0 Å². The summed E-state index contributed by atoms with van der Waals surface area (Å²) in [4.78, 5) is 126. The van der Waals surface area contributed by atoms with Crippen LogP contribution in [0.3, 0.4) is 0 Å². The Labute approximate surface area is 438 Å². The Kier molecular flexibility index (Phi) is 23.5. The lowest BCUT2D eigenvalue weighted by Gasteiger charge is -2.22. The van der Waals surface area contributed by atoms with Gasteiger partial charge < -0.3 is 45.0 Å². The number of methoxy groups -OCH3 is 1. The van der Waals surface area contributed by atoms with Gasteiger partial charge in [-0.2, -0.15) is 0 Å². The van der Waals surface area contributed by atoms with Gasteiger partial charge in [0.25, 0.3) is 34.1 Å².